The molecule has 2 N–H and O–H groups in total. The Bertz CT molecular complexity index is 2120. The predicted molar refractivity (Wildman–Crippen MR) is 282 cm³/mol. The molecule has 7 atom stereocenters. The molecule has 388 valence electrons. The number of rotatable bonds is 30. The second-order valence-electron chi connectivity index (χ2n) is 20.2. The van der Waals surface area contributed by atoms with Gasteiger partial charge in [-0.05, 0) is 110 Å². The van der Waals surface area contributed by atoms with E-state index in [0.29, 0.717) is 56.9 Å². The molecule has 2 aliphatic heterocycles. The summed E-state index contributed by atoms with van der Waals surface area (Å²) in [6.07, 6.45) is 23.7. The van der Waals surface area contributed by atoms with E-state index >= 15 is 0 Å². The van der Waals surface area contributed by atoms with E-state index in [4.69, 9.17) is 33.7 Å². The number of unbranched alkanes of at least 4 members (excludes halogenated alkanes) is 11. The van der Waals surface area contributed by atoms with Crippen LogP contribution in [0.25, 0.3) is 11.1 Å². The van der Waals surface area contributed by atoms with Crippen molar-refractivity contribution in [3.63, 3.8) is 0 Å². The largest absolute Gasteiger partial charge is 0.459 e. The molecule has 7 rings (SSSR count). The SMILES string of the molecule is C=CCOC12Oc3ccc(Oc4ccc(-c5ccccc5)cc4)cc3C3C(CCCCO)C(CCCCO)C=C(C(=NOC4CCCCO4)CC1N(CCC)C(=O)OCCCCCCCCCCCC)C32. The fraction of sp³-hybridized carbons (Fsp3) is 0.600. The van der Waals surface area contributed by atoms with Gasteiger partial charge in [-0.3, -0.25) is 4.90 Å². The molecule has 3 aromatic carbocycles. The Morgan fingerprint density at radius 3 is 2.21 bits per heavy atom. The topological polar surface area (TPSA) is 129 Å². The summed E-state index contributed by atoms with van der Waals surface area (Å²) in [6, 6.07) is 23.9. The molecular formula is C60H84N2O9. The van der Waals surface area contributed by atoms with Crippen molar-refractivity contribution in [2.24, 2.45) is 22.9 Å². The Hall–Kier alpha value is -4.68. The first-order chi connectivity index (χ1) is 34.9. The van der Waals surface area contributed by atoms with E-state index in [0.717, 1.165) is 97.9 Å². The fourth-order valence-electron chi connectivity index (χ4n) is 11.6. The summed E-state index contributed by atoms with van der Waals surface area (Å²) in [5, 5.41) is 25.1. The van der Waals surface area contributed by atoms with Gasteiger partial charge in [0.25, 0.3) is 0 Å². The molecule has 3 aromatic rings. The van der Waals surface area contributed by atoms with Gasteiger partial charge in [0.15, 0.2) is 0 Å². The van der Waals surface area contributed by atoms with Gasteiger partial charge >= 0.3 is 6.09 Å². The average molecular weight is 977 g/mol. The number of aliphatic hydroxyl groups is 2. The van der Waals surface area contributed by atoms with Crippen molar-refractivity contribution in [2.75, 3.05) is 39.6 Å². The number of hydrogen-bond donors (Lipinski definition) is 2. The van der Waals surface area contributed by atoms with Crippen molar-refractivity contribution >= 4 is 11.8 Å². The number of aliphatic hydroxyl groups excluding tert-OH is 2. The zero-order valence-electron chi connectivity index (χ0n) is 43.0. The number of ether oxygens (including phenoxy) is 5. The molecule has 2 fully saturated rings. The third-order valence-electron chi connectivity index (χ3n) is 15.1. The Balaban J connectivity index is 1.28. The van der Waals surface area contributed by atoms with Crippen molar-refractivity contribution < 1.29 is 43.5 Å². The van der Waals surface area contributed by atoms with E-state index in [1.807, 2.05) is 47.4 Å². The normalized spacial score (nSPS) is 24.0. The molecular weight excluding hydrogens is 893 g/mol. The number of carbonyl (C=O) groups is 1. The fourth-order valence-corrected chi connectivity index (χ4v) is 11.6. The van der Waals surface area contributed by atoms with Crippen LogP contribution in [-0.4, -0.2) is 84.6 Å². The molecule has 11 heteroatoms. The number of hydrogen-bond acceptors (Lipinski definition) is 10. The van der Waals surface area contributed by atoms with Crippen LogP contribution in [0.3, 0.4) is 0 Å². The molecule has 1 amide bonds. The predicted octanol–water partition coefficient (Wildman–Crippen LogP) is 14.1. The Kier molecular flexibility index (Phi) is 21.7. The molecule has 2 aliphatic carbocycles. The maximum Gasteiger partial charge on any atom is 0.410 e. The lowest BCUT2D eigenvalue weighted by atomic mass is 9.55. The van der Waals surface area contributed by atoms with Crippen molar-refractivity contribution in [1.29, 1.82) is 0 Å². The molecule has 11 nitrogen and oxygen atoms in total. The van der Waals surface area contributed by atoms with Gasteiger partial charge in [0.1, 0.15) is 23.3 Å². The van der Waals surface area contributed by atoms with Gasteiger partial charge < -0.3 is 38.7 Å². The van der Waals surface area contributed by atoms with Crippen molar-refractivity contribution in [2.45, 2.75) is 173 Å². The van der Waals surface area contributed by atoms with E-state index in [1.54, 1.807) is 6.08 Å². The first-order valence-electron chi connectivity index (χ1n) is 27.6. The second kappa shape index (κ2) is 28.5. The minimum atomic E-state index is -1.37. The highest BCUT2D eigenvalue weighted by molar-refractivity contribution is 6.03. The Labute approximate surface area is 425 Å². The number of fused-ring (bicyclic) bond motifs is 2. The Morgan fingerprint density at radius 2 is 1.52 bits per heavy atom. The standard InChI is InChI=1S/C60H84N2O9/c1-4-7-8-9-10-11-12-13-14-23-41-67-59(65)62(36-5-2)55-44-53(61-71-56-29-20-24-40-66-56)51-42-47(27-18-21-37-63)50(28-19-22-38-64)57-52-43-49(34-35-54(52)70-60(55,58(51)57)68-39-6-3)69-48-32-30-46(31-33-48)45-25-16-15-17-26-45/h6,15-17,25-26,30-35,42-43,47,50,55-58,63-64H,3-5,7-14,18-24,27-29,36-41,44H2,1-2H3. The van der Waals surface area contributed by atoms with Gasteiger partial charge in [0, 0.05) is 44.1 Å². The highest BCUT2D eigenvalue weighted by Crippen LogP contribution is 2.62. The molecule has 1 saturated heterocycles. The summed E-state index contributed by atoms with van der Waals surface area (Å²) in [5.41, 5.74) is 4.98. The quantitative estimate of drug-likeness (QED) is 0.0381. The van der Waals surface area contributed by atoms with Gasteiger partial charge in [-0.15, -0.1) is 6.58 Å². The highest BCUT2D eigenvalue weighted by atomic mass is 16.8. The van der Waals surface area contributed by atoms with Crippen molar-refractivity contribution in [1.82, 2.24) is 4.90 Å². The minimum absolute atomic E-state index is 0.0780. The molecule has 0 spiro atoms. The van der Waals surface area contributed by atoms with Crippen LogP contribution in [0, 0.1) is 17.8 Å². The van der Waals surface area contributed by atoms with Gasteiger partial charge in [-0.25, -0.2) is 4.79 Å². The molecule has 2 heterocycles. The number of carbonyl (C=O) groups excluding carboxylic acids is 1. The minimum Gasteiger partial charge on any atom is -0.459 e. The Morgan fingerprint density at radius 1 is 0.817 bits per heavy atom. The van der Waals surface area contributed by atoms with Crippen LogP contribution < -0.4 is 9.47 Å². The van der Waals surface area contributed by atoms with Crippen LogP contribution in [-0.2, 0) is 19.0 Å². The van der Waals surface area contributed by atoms with Crippen LogP contribution in [0.1, 0.15) is 160 Å². The molecule has 4 aliphatic rings. The summed E-state index contributed by atoms with van der Waals surface area (Å²) in [7, 11) is 0. The van der Waals surface area contributed by atoms with Crippen LogP contribution in [0.5, 0.6) is 17.2 Å². The number of allylic oxidation sites excluding steroid dienone is 1. The highest BCUT2D eigenvalue weighted by Gasteiger charge is 2.65. The average Bonchev–Trinajstić information content (AvgIpc) is 3.40. The van der Waals surface area contributed by atoms with Crippen LogP contribution in [0.2, 0.25) is 0 Å². The third-order valence-corrected chi connectivity index (χ3v) is 15.1. The lowest BCUT2D eigenvalue weighted by Gasteiger charge is -2.60. The molecule has 7 unspecified atom stereocenters. The number of benzene rings is 3. The summed E-state index contributed by atoms with van der Waals surface area (Å²) in [5.74, 6) is 0.262. The van der Waals surface area contributed by atoms with E-state index < -0.39 is 24.0 Å². The van der Waals surface area contributed by atoms with E-state index in [2.05, 4.69) is 56.8 Å². The molecule has 1 saturated carbocycles. The van der Waals surface area contributed by atoms with E-state index in [9.17, 15) is 15.0 Å². The first-order valence-corrected chi connectivity index (χ1v) is 27.6. The van der Waals surface area contributed by atoms with Crippen molar-refractivity contribution in [3.05, 3.63) is 103 Å². The summed E-state index contributed by atoms with van der Waals surface area (Å²) >= 11 is 0. The maximum absolute atomic E-state index is 14.8. The van der Waals surface area contributed by atoms with Crippen LogP contribution in [0.4, 0.5) is 4.79 Å². The van der Waals surface area contributed by atoms with Crippen LogP contribution in [0.15, 0.2) is 102 Å². The number of amides is 1. The summed E-state index contributed by atoms with van der Waals surface area (Å²) in [4.78, 5) is 22.9. The summed E-state index contributed by atoms with van der Waals surface area (Å²) < 4.78 is 33.6. The zero-order valence-corrected chi connectivity index (χ0v) is 43.0. The van der Waals surface area contributed by atoms with Gasteiger partial charge in [0.05, 0.1) is 31.5 Å². The summed E-state index contributed by atoms with van der Waals surface area (Å²) in [6.45, 7) is 10.2. The van der Waals surface area contributed by atoms with Gasteiger partial charge in [-0.1, -0.05) is 144 Å². The lowest BCUT2D eigenvalue weighted by Crippen LogP contribution is -2.70. The molecule has 0 aromatic heterocycles. The second-order valence-corrected chi connectivity index (χ2v) is 20.2. The maximum atomic E-state index is 14.8. The number of nitrogens with zero attached hydrogens (tertiary/aromatic N) is 2. The molecule has 0 bridgehead atoms. The lowest BCUT2D eigenvalue weighted by molar-refractivity contribution is -0.255. The monoisotopic (exact) mass is 977 g/mol. The van der Waals surface area contributed by atoms with E-state index in [-0.39, 0.29) is 43.7 Å². The zero-order chi connectivity index (χ0) is 49.7. The third kappa shape index (κ3) is 14.3. The number of oxime groups is 1. The molecule has 0 radical (unpaired) electrons. The smallest absolute Gasteiger partial charge is 0.410 e. The van der Waals surface area contributed by atoms with Gasteiger partial charge in [-0.2, -0.15) is 0 Å². The van der Waals surface area contributed by atoms with E-state index in [1.165, 1.54) is 44.9 Å². The van der Waals surface area contributed by atoms with Gasteiger partial charge in [0.2, 0.25) is 12.1 Å². The van der Waals surface area contributed by atoms with Crippen molar-refractivity contribution in [3.8, 4) is 28.4 Å². The van der Waals surface area contributed by atoms with Crippen LogP contribution >= 0.6 is 0 Å². The molecule has 71 heavy (non-hydrogen) atoms. The first kappa shape index (κ1) is 54.1.